The number of carbonyl (C=O) groups excluding carboxylic acids is 6. The molecule has 5 aromatic rings. The SMILES string of the molecule is Cc1ncsc1-c1ccc(CNC(=O)[C@@H]2C[C@@H](OC(=O)CCCCCCCNC(=O)OC(C)(C)C)CN2C(=O)[C@@H](NC(=O)COCCOCCOCCNC(=O)C[C@@H]2N=C(c3ccc(Cl)cc3)c3c(sc(C)c3C)-n3c(C)nnc32)C(C)(C)C)cc1. The number of nitrogens with one attached hydrogen (secondary N) is 4. The van der Waals surface area contributed by atoms with Crippen molar-refractivity contribution in [1.29, 1.82) is 0 Å². The molecule has 0 bridgehead atoms. The zero-order valence-corrected chi connectivity index (χ0v) is 53.5. The zero-order valence-electron chi connectivity index (χ0n) is 51.1. The number of unbranched alkanes of at least 4 members (excludes halogenated alkanes) is 4. The van der Waals surface area contributed by atoms with E-state index in [9.17, 15) is 28.8 Å². The lowest BCUT2D eigenvalue weighted by atomic mass is 9.85. The Morgan fingerprint density at radius 3 is 2.13 bits per heavy atom. The van der Waals surface area contributed by atoms with Gasteiger partial charge in [-0.3, -0.25) is 33.5 Å². The number of esters is 1. The van der Waals surface area contributed by atoms with E-state index in [-0.39, 0.29) is 84.4 Å². The lowest BCUT2D eigenvalue weighted by Crippen LogP contribution is -2.58. The Hall–Kier alpha value is -6.63. The van der Waals surface area contributed by atoms with Gasteiger partial charge in [0.1, 0.15) is 47.3 Å². The second-order valence-electron chi connectivity index (χ2n) is 23.6. The van der Waals surface area contributed by atoms with Gasteiger partial charge in [-0.1, -0.05) is 88.0 Å². The van der Waals surface area contributed by atoms with Gasteiger partial charge < -0.3 is 49.9 Å². The molecule has 466 valence electrons. The lowest BCUT2D eigenvalue weighted by Gasteiger charge is -2.35. The van der Waals surface area contributed by atoms with E-state index < -0.39 is 65.0 Å². The second kappa shape index (κ2) is 31.3. The van der Waals surface area contributed by atoms with Crippen molar-refractivity contribution in [3.8, 4) is 15.4 Å². The van der Waals surface area contributed by atoms with Gasteiger partial charge in [-0.2, -0.15) is 0 Å². The minimum Gasteiger partial charge on any atom is -0.460 e. The van der Waals surface area contributed by atoms with Crippen LogP contribution in [0.4, 0.5) is 4.79 Å². The quantitative estimate of drug-likeness (QED) is 0.0257. The molecular formula is C62H83ClN10O11S2. The minimum absolute atomic E-state index is 0.0317. The van der Waals surface area contributed by atoms with Gasteiger partial charge in [0.15, 0.2) is 5.82 Å². The molecule has 5 amide bonds. The summed E-state index contributed by atoms with van der Waals surface area (Å²) in [5.74, 6) is -0.772. The molecule has 1 saturated heterocycles. The largest absolute Gasteiger partial charge is 0.460 e. The van der Waals surface area contributed by atoms with E-state index in [0.717, 1.165) is 79.7 Å². The number of aliphatic imine (C=N–C) groups is 1. The third-order valence-corrected chi connectivity index (χ3v) is 16.9. The van der Waals surface area contributed by atoms with Crippen LogP contribution in [-0.2, 0) is 54.2 Å². The van der Waals surface area contributed by atoms with Crippen molar-refractivity contribution in [2.45, 2.75) is 157 Å². The van der Waals surface area contributed by atoms with Crippen LogP contribution < -0.4 is 21.3 Å². The number of hydrogen-bond donors (Lipinski definition) is 4. The van der Waals surface area contributed by atoms with Crippen molar-refractivity contribution in [3.63, 3.8) is 0 Å². The summed E-state index contributed by atoms with van der Waals surface area (Å²) in [6.45, 7) is 20.5. The monoisotopic (exact) mass is 1240 g/mol. The number of amides is 5. The first-order valence-corrected chi connectivity index (χ1v) is 31.4. The number of aryl methyl sites for hydroxylation is 3. The Labute approximate surface area is 517 Å². The van der Waals surface area contributed by atoms with Crippen molar-refractivity contribution in [2.75, 3.05) is 59.3 Å². The molecule has 2 aliphatic heterocycles. The molecule has 21 nitrogen and oxygen atoms in total. The van der Waals surface area contributed by atoms with Crippen molar-refractivity contribution in [2.24, 2.45) is 10.4 Å². The maximum Gasteiger partial charge on any atom is 0.407 e. The fourth-order valence-corrected chi connectivity index (χ4v) is 12.1. The average molecular weight is 1240 g/mol. The number of carbonyl (C=O) groups is 6. The first-order valence-electron chi connectivity index (χ1n) is 29.4. The first kappa shape index (κ1) is 66.9. The van der Waals surface area contributed by atoms with Crippen molar-refractivity contribution >= 4 is 75.7 Å². The Morgan fingerprint density at radius 1 is 0.767 bits per heavy atom. The van der Waals surface area contributed by atoms with Crippen LogP contribution in [0.1, 0.15) is 143 Å². The van der Waals surface area contributed by atoms with E-state index in [1.165, 1.54) is 4.90 Å². The number of hydrogen-bond acceptors (Lipinski definition) is 17. The number of likely N-dealkylation sites (tertiary alicyclic amines) is 1. The highest BCUT2D eigenvalue weighted by atomic mass is 35.5. The van der Waals surface area contributed by atoms with Crippen molar-refractivity contribution < 1.29 is 52.5 Å². The number of alkyl carbamates (subject to hydrolysis) is 1. The van der Waals surface area contributed by atoms with E-state index >= 15 is 0 Å². The zero-order chi connectivity index (χ0) is 62.1. The number of aromatic nitrogens is 4. The summed E-state index contributed by atoms with van der Waals surface area (Å²) in [4.78, 5) is 93.7. The lowest BCUT2D eigenvalue weighted by molar-refractivity contribution is -0.150. The number of thiophene rings is 1. The van der Waals surface area contributed by atoms with Crippen LogP contribution in [0.3, 0.4) is 0 Å². The van der Waals surface area contributed by atoms with Gasteiger partial charge in [-0.05, 0) is 95.5 Å². The van der Waals surface area contributed by atoms with E-state index in [1.54, 1.807) is 28.2 Å². The number of ether oxygens (including phenoxy) is 5. The molecule has 86 heavy (non-hydrogen) atoms. The predicted octanol–water partition coefficient (Wildman–Crippen LogP) is 9.01. The Morgan fingerprint density at radius 2 is 1.44 bits per heavy atom. The number of benzene rings is 2. The van der Waals surface area contributed by atoms with Crippen molar-refractivity contribution in [1.82, 2.24) is 45.9 Å². The van der Waals surface area contributed by atoms with Crippen LogP contribution in [0.5, 0.6) is 0 Å². The van der Waals surface area contributed by atoms with Crippen LogP contribution in [0.15, 0.2) is 59.0 Å². The van der Waals surface area contributed by atoms with Gasteiger partial charge in [0.25, 0.3) is 0 Å². The van der Waals surface area contributed by atoms with Gasteiger partial charge >= 0.3 is 12.1 Å². The minimum atomic E-state index is -1.06. The third-order valence-electron chi connectivity index (χ3n) is 14.5. The molecule has 2 aliphatic rings. The normalized spacial score (nSPS) is 16.1. The molecule has 0 aliphatic carbocycles. The Balaban J connectivity index is 0.833. The molecular weight excluding hydrogens is 1160 g/mol. The highest BCUT2D eigenvalue weighted by molar-refractivity contribution is 7.15. The average Bonchev–Trinajstić information content (AvgIpc) is 1.69. The maximum absolute atomic E-state index is 14.6. The smallest absolute Gasteiger partial charge is 0.407 e. The Kier molecular flexibility index (Phi) is 24.4. The molecule has 0 radical (unpaired) electrons. The third kappa shape index (κ3) is 19.2. The first-order chi connectivity index (χ1) is 41.0. The summed E-state index contributed by atoms with van der Waals surface area (Å²) in [6, 6.07) is 12.7. The van der Waals surface area contributed by atoms with E-state index in [4.69, 9.17) is 40.3 Å². The van der Waals surface area contributed by atoms with Gasteiger partial charge in [-0.15, -0.1) is 32.9 Å². The van der Waals surface area contributed by atoms with E-state index in [2.05, 4.69) is 50.3 Å². The summed E-state index contributed by atoms with van der Waals surface area (Å²) in [5.41, 5.74) is 7.00. The topological polar surface area (TPSA) is 256 Å². The number of halogens is 1. The fourth-order valence-electron chi connectivity index (χ4n) is 9.97. The summed E-state index contributed by atoms with van der Waals surface area (Å²) >= 11 is 9.45. The second-order valence-corrected chi connectivity index (χ2v) is 26.1. The van der Waals surface area contributed by atoms with Gasteiger partial charge in [0, 0.05) is 53.5 Å². The van der Waals surface area contributed by atoms with Gasteiger partial charge in [0.05, 0.1) is 67.8 Å². The van der Waals surface area contributed by atoms with E-state index in [1.807, 2.05) is 108 Å². The summed E-state index contributed by atoms with van der Waals surface area (Å²) in [6.07, 6.45) is 3.00. The molecule has 24 heteroatoms. The molecule has 0 saturated carbocycles. The van der Waals surface area contributed by atoms with E-state index in [0.29, 0.717) is 29.6 Å². The van der Waals surface area contributed by atoms with Crippen LogP contribution in [0.2, 0.25) is 5.02 Å². The fraction of sp³-hybridized carbons (Fsp3) is 0.548. The van der Waals surface area contributed by atoms with Crippen LogP contribution in [0.25, 0.3) is 15.4 Å². The standard InChI is InChI=1S/C62H83ClN10O11S2/c1-38-40(3)86-59-52(38)53(43-21-23-45(63)24-22-43)68-47(56-71-70-41(4)73(56)59)33-49(74)64-26-27-80-28-29-81-30-31-82-36-50(75)69-55(61(5,6)7)58(78)72-35-46(83-51(76)16-14-12-11-13-15-25-65-60(79)84-62(8,9)10)32-48(72)57(77)66-34-42-17-19-44(20-18-42)54-39(2)67-37-85-54/h17-24,37,46-48,55H,11-16,25-36H2,1-10H3,(H,64,74)(H,65,79)(H,66,77)(H,69,75)/t46-,47+,48+,55-/m1/s1. The predicted molar refractivity (Wildman–Crippen MR) is 331 cm³/mol. The molecule has 0 unspecified atom stereocenters. The molecule has 3 aromatic heterocycles. The van der Waals surface area contributed by atoms with Gasteiger partial charge in [0.2, 0.25) is 23.6 Å². The molecule has 4 atom stereocenters. The maximum atomic E-state index is 14.6. The summed E-state index contributed by atoms with van der Waals surface area (Å²) in [5, 5.41) is 22.0. The molecule has 5 heterocycles. The number of fused-ring (bicyclic) bond motifs is 3. The molecule has 7 rings (SSSR count). The molecule has 0 spiro atoms. The molecule has 4 N–H and O–H groups in total. The number of thiazole rings is 1. The van der Waals surface area contributed by atoms with Crippen molar-refractivity contribution in [3.05, 3.63) is 104 Å². The van der Waals surface area contributed by atoms with Crippen LogP contribution in [-0.4, -0.2) is 149 Å². The number of nitrogens with zero attached hydrogens (tertiary/aromatic N) is 6. The highest BCUT2D eigenvalue weighted by Crippen LogP contribution is 2.40. The van der Waals surface area contributed by atoms with Crippen LogP contribution in [0, 0.1) is 33.1 Å². The molecule has 2 aromatic carbocycles. The summed E-state index contributed by atoms with van der Waals surface area (Å²) < 4.78 is 30.2. The van der Waals surface area contributed by atoms with Crippen LogP contribution >= 0.6 is 34.3 Å². The van der Waals surface area contributed by atoms with Gasteiger partial charge in [-0.25, -0.2) is 9.78 Å². The highest BCUT2D eigenvalue weighted by Gasteiger charge is 2.46. The summed E-state index contributed by atoms with van der Waals surface area (Å²) in [7, 11) is 0. The molecule has 1 fully saturated rings. The Bertz CT molecular complexity index is 3150. The number of rotatable bonds is 29.